The molecular formula is C14H17FN2O4. The van der Waals surface area contributed by atoms with Crippen molar-refractivity contribution in [1.82, 2.24) is 10.6 Å². The van der Waals surface area contributed by atoms with Crippen LogP contribution in [0.3, 0.4) is 0 Å². The van der Waals surface area contributed by atoms with E-state index in [1.54, 1.807) is 12.1 Å². The van der Waals surface area contributed by atoms with Gasteiger partial charge in [0.2, 0.25) is 0 Å². The minimum Gasteiger partial charge on any atom is -0.441 e. The number of aliphatic hydroxyl groups is 1. The van der Waals surface area contributed by atoms with Gasteiger partial charge in [-0.2, -0.15) is 0 Å². The number of morpholine rings is 1. The summed E-state index contributed by atoms with van der Waals surface area (Å²) < 4.78 is 24.6. The highest BCUT2D eigenvalue weighted by Crippen LogP contribution is 2.27. The number of aliphatic hydroxyl groups excluding tert-OH is 1. The van der Waals surface area contributed by atoms with Gasteiger partial charge in [0.05, 0.1) is 19.3 Å². The van der Waals surface area contributed by atoms with Crippen LogP contribution in [0.15, 0.2) is 18.2 Å². The quantitative estimate of drug-likeness (QED) is 0.762. The van der Waals surface area contributed by atoms with Gasteiger partial charge in [-0.15, -0.1) is 0 Å². The van der Waals surface area contributed by atoms with E-state index in [1.165, 1.54) is 6.07 Å². The molecule has 0 aromatic heterocycles. The highest BCUT2D eigenvalue weighted by Gasteiger charge is 2.31. The number of rotatable bonds is 3. The molecule has 0 spiro atoms. The van der Waals surface area contributed by atoms with Crippen molar-refractivity contribution in [1.29, 1.82) is 0 Å². The minimum atomic E-state index is -1.06. The number of cyclic esters (lactones) is 1. The summed E-state index contributed by atoms with van der Waals surface area (Å²) in [4.78, 5) is 11.0. The maximum Gasteiger partial charge on any atom is 0.407 e. The van der Waals surface area contributed by atoms with Crippen LogP contribution in [-0.4, -0.2) is 43.5 Å². The Morgan fingerprint density at radius 2 is 2.24 bits per heavy atom. The van der Waals surface area contributed by atoms with Gasteiger partial charge in [0.25, 0.3) is 0 Å². The molecule has 1 aromatic rings. The van der Waals surface area contributed by atoms with Gasteiger partial charge in [-0.1, -0.05) is 12.1 Å². The van der Waals surface area contributed by atoms with Gasteiger partial charge in [0.15, 0.2) is 6.10 Å². The van der Waals surface area contributed by atoms with Crippen LogP contribution in [0.25, 0.3) is 0 Å². The number of ether oxygens (including phenoxy) is 2. The number of hydrogen-bond acceptors (Lipinski definition) is 5. The van der Waals surface area contributed by atoms with Gasteiger partial charge >= 0.3 is 6.09 Å². The minimum absolute atomic E-state index is 0.207. The van der Waals surface area contributed by atoms with Gasteiger partial charge in [-0.25, -0.2) is 9.18 Å². The Bertz CT molecular complexity index is 534. The summed E-state index contributed by atoms with van der Waals surface area (Å²) in [6, 6.07) is 4.51. The zero-order valence-electron chi connectivity index (χ0n) is 11.3. The highest BCUT2D eigenvalue weighted by molar-refractivity contribution is 5.69. The Hall–Kier alpha value is -1.70. The lowest BCUT2D eigenvalue weighted by Crippen LogP contribution is -2.33. The molecule has 0 bridgehead atoms. The molecule has 0 saturated carbocycles. The molecule has 1 amide bonds. The van der Waals surface area contributed by atoms with Crippen molar-refractivity contribution in [3.8, 4) is 0 Å². The smallest absolute Gasteiger partial charge is 0.407 e. The average Bonchev–Trinajstić information content (AvgIpc) is 2.94. The Morgan fingerprint density at radius 3 is 2.86 bits per heavy atom. The summed E-state index contributed by atoms with van der Waals surface area (Å²) in [5.74, 6) is -0.433. The van der Waals surface area contributed by atoms with E-state index in [4.69, 9.17) is 9.47 Å². The maximum atomic E-state index is 14.2. The van der Waals surface area contributed by atoms with Crippen molar-refractivity contribution >= 4 is 6.09 Å². The van der Waals surface area contributed by atoms with Crippen molar-refractivity contribution in [3.05, 3.63) is 35.1 Å². The molecular weight excluding hydrogens is 279 g/mol. The van der Waals surface area contributed by atoms with E-state index < -0.39 is 24.1 Å². The van der Waals surface area contributed by atoms with Crippen molar-refractivity contribution in [2.45, 2.75) is 18.3 Å². The summed E-state index contributed by atoms with van der Waals surface area (Å²) >= 11 is 0. The summed E-state index contributed by atoms with van der Waals surface area (Å²) in [5, 5.41) is 15.7. The average molecular weight is 296 g/mol. The number of benzene rings is 1. The lowest BCUT2D eigenvalue weighted by molar-refractivity contribution is 0.0246. The van der Waals surface area contributed by atoms with Gasteiger partial charge in [0, 0.05) is 18.7 Å². The van der Waals surface area contributed by atoms with Crippen molar-refractivity contribution in [3.63, 3.8) is 0 Å². The predicted octanol–water partition coefficient (Wildman–Crippen LogP) is 0.628. The molecule has 6 nitrogen and oxygen atoms in total. The molecule has 0 aliphatic carbocycles. The van der Waals surface area contributed by atoms with Crippen molar-refractivity contribution in [2.75, 3.05) is 26.2 Å². The van der Waals surface area contributed by atoms with Crippen LogP contribution in [0, 0.1) is 5.82 Å². The third-order valence-electron chi connectivity index (χ3n) is 3.70. The van der Waals surface area contributed by atoms with Crippen molar-refractivity contribution in [2.24, 2.45) is 0 Å². The van der Waals surface area contributed by atoms with Crippen LogP contribution in [-0.2, 0) is 9.47 Å². The summed E-state index contributed by atoms with van der Waals surface area (Å²) in [6.45, 7) is 2.06. The molecule has 114 valence electrons. The van der Waals surface area contributed by atoms with Crippen LogP contribution in [0.1, 0.15) is 23.3 Å². The largest absolute Gasteiger partial charge is 0.441 e. The predicted molar refractivity (Wildman–Crippen MR) is 71.2 cm³/mol. The molecule has 3 unspecified atom stereocenters. The Balaban J connectivity index is 1.75. The fraction of sp³-hybridized carbons (Fsp3) is 0.500. The van der Waals surface area contributed by atoms with Gasteiger partial charge < -0.3 is 25.2 Å². The second-order valence-corrected chi connectivity index (χ2v) is 5.11. The van der Waals surface area contributed by atoms with E-state index in [-0.39, 0.29) is 12.6 Å². The Morgan fingerprint density at radius 1 is 1.38 bits per heavy atom. The lowest BCUT2D eigenvalue weighted by atomic mass is 10.00. The molecule has 2 fully saturated rings. The lowest BCUT2D eigenvalue weighted by Gasteiger charge is -2.25. The summed E-state index contributed by atoms with van der Waals surface area (Å²) in [7, 11) is 0. The second-order valence-electron chi connectivity index (χ2n) is 5.11. The molecule has 3 N–H and O–H groups in total. The van der Waals surface area contributed by atoms with Crippen LogP contribution >= 0.6 is 0 Å². The normalized spacial score (nSPS) is 27.0. The van der Waals surface area contributed by atoms with E-state index in [0.717, 1.165) is 6.54 Å². The van der Waals surface area contributed by atoms with E-state index in [2.05, 4.69) is 10.6 Å². The highest BCUT2D eigenvalue weighted by atomic mass is 19.1. The first-order chi connectivity index (χ1) is 10.1. The third-order valence-corrected chi connectivity index (χ3v) is 3.70. The molecule has 2 heterocycles. The first-order valence-corrected chi connectivity index (χ1v) is 6.89. The zero-order chi connectivity index (χ0) is 14.8. The standard InChI is InChI=1S/C14H17FN2O4/c15-10-5-8(13(18)12-7-17-14(19)21-12)1-2-9(10)11-6-16-3-4-20-11/h1-2,5,11-13,16,18H,3-4,6-7H2,(H,17,19). The maximum absolute atomic E-state index is 14.2. The molecule has 2 saturated heterocycles. The van der Waals surface area contributed by atoms with E-state index in [1.807, 2.05) is 0 Å². The number of nitrogens with one attached hydrogen (secondary N) is 2. The zero-order valence-corrected chi connectivity index (χ0v) is 11.3. The van der Waals surface area contributed by atoms with Gasteiger partial charge in [0.1, 0.15) is 11.9 Å². The van der Waals surface area contributed by atoms with E-state index in [0.29, 0.717) is 24.3 Å². The third kappa shape index (κ3) is 2.99. The first-order valence-electron chi connectivity index (χ1n) is 6.89. The summed E-state index contributed by atoms with van der Waals surface area (Å²) in [6.07, 6.45) is -2.65. The van der Waals surface area contributed by atoms with Crippen LogP contribution in [0.4, 0.5) is 9.18 Å². The Labute approximate surface area is 121 Å². The summed E-state index contributed by atoms with van der Waals surface area (Å²) in [5.41, 5.74) is 0.834. The van der Waals surface area contributed by atoms with Crippen LogP contribution < -0.4 is 10.6 Å². The number of carbonyl (C=O) groups excluding carboxylic acids is 1. The molecule has 21 heavy (non-hydrogen) atoms. The number of carbonyl (C=O) groups is 1. The molecule has 2 aliphatic heterocycles. The molecule has 2 aliphatic rings. The van der Waals surface area contributed by atoms with Crippen LogP contribution in [0.2, 0.25) is 0 Å². The first kappa shape index (κ1) is 14.2. The van der Waals surface area contributed by atoms with E-state index >= 15 is 0 Å². The van der Waals surface area contributed by atoms with Crippen molar-refractivity contribution < 1.29 is 23.8 Å². The molecule has 3 rings (SSSR count). The number of alkyl carbamates (subject to hydrolysis) is 1. The Kier molecular flexibility index (Phi) is 4.05. The number of halogens is 1. The molecule has 3 atom stereocenters. The monoisotopic (exact) mass is 296 g/mol. The number of amides is 1. The van der Waals surface area contributed by atoms with Crippen LogP contribution in [0.5, 0.6) is 0 Å². The number of hydrogen-bond donors (Lipinski definition) is 3. The van der Waals surface area contributed by atoms with Gasteiger partial charge in [-0.3, -0.25) is 0 Å². The van der Waals surface area contributed by atoms with E-state index in [9.17, 15) is 14.3 Å². The topological polar surface area (TPSA) is 79.8 Å². The molecule has 7 heteroatoms. The second kappa shape index (κ2) is 5.97. The fourth-order valence-corrected chi connectivity index (χ4v) is 2.55. The van der Waals surface area contributed by atoms with Gasteiger partial charge in [-0.05, 0) is 11.6 Å². The molecule has 1 aromatic carbocycles. The SMILES string of the molecule is O=C1NCC(C(O)c2ccc(C3CNCCO3)c(F)c2)O1. The fourth-order valence-electron chi connectivity index (χ4n) is 2.55. The molecule has 0 radical (unpaired) electrons.